The molecule has 1 saturated heterocycles. The van der Waals surface area contributed by atoms with E-state index in [4.69, 9.17) is 0 Å². The van der Waals surface area contributed by atoms with Crippen LogP contribution < -0.4 is 20.2 Å². The van der Waals surface area contributed by atoms with E-state index in [1.54, 1.807) is 0 Å². The molecular formula is C31H40N4. The van der Waals surface area contributed by atoms with Crippen molar-refractivity contribution in [1.82, 2.24) is 5.43 Å². The van der Waals surface area contributed by atoms with Crippen molar-refractivity contribution in [3.63, 3.8) is 0 Å². The number of benzene rings is 3. The third-order valence-electron chi connectivity index (χ3n) is 7.03. The summed E-state index contributed by atoms with van der Waals surface area (Å²) in [5, 5.41) is 2.28. The molecule has 184 valence electrons. The Kier molecular flexibility index (Phi) is 8.49. The second-order valence-electron chi connectivity index (χ2n) is 9.04. The van der Waals surface area contributed by atoms with E-state index in [-0.39, 0.29) is 0 Å². The highest BCUT2D eigenvalue weighted by molar-refractivity contribution is 5.79. The lowest BCUT2D eigenvalue weighted by molar-refractivity contribution is 0.697. The number of hydrazine groups is 1. The van der Waals surface area contributed by atoms with Crippen LogP contribution in [0.3, 0.4) is 0 Å². The highest BCUT2D eigenvalue weighted by Crippen LogP contribution is 2.32. The first kappa shape index (κ1) is 24.9. The quantitative estimate of drug-likeness (QED) is 0.351. The van der Waals surface area contributed by atoms with E-state index in [0.717, 1.165) is 39.1 Å². The summed E-state index contributed by atoms with van der Waals surface area (Å²) in [5.41, 5.74) is 11.3. The number of hydrogen-bond acceptors (Lipinski definition) is 4. The van der Waals surface area contributed by atoms with Crippen LogP contribution in [0.2, 0.25) is 0 Å². The van der Waals surface area contributed by atoms with Crippen LogP contribution in [0.15, 0.2) is 78.9 Å². The maximum absolute atomic E-state index is 3.66. The fourth-order valence-corrected chi connectivity index (χ4v) is 4.93. The molecule has 0 amide bonds. The SMILES string of the molecule is CCN(CC)c1ccc(C=CC2CCN(c3ccc(-c4ccccc4N(CC)CC)cc3)N2)cc1. The molecule has 0 aliphatic carbocycles. The van der Waals surface area contributed by atoms with Gasteiger partial charge in [-0.05, 0) is 75.6 Å². The van der Waals surface area contributed by atoms with E-state index >= 15 is 0 Å². The lowest BCUT2D eigenvalue weighted by Crippen LogP contribution is -2.34. The average Bonchev–Trinajstić information content (AvgIpc) is 3.39. The minimum atomic E-state index is 0.348. The molecule has 1 fully saturated rings. The van der Waals surface area contributed by atoms with Crippen molar-refractivity contribution in [2.45, 2.75) is 40.2 Å². The van der Waals surface area contributed by atoms with Gasteiger partial charge in [-0.25, -0.2) is 5.43 Å². The molecule has 1 atom stereocenters. The van der Waals surface area contributed by atoms with E-state index in [1.807, 2.05) is 0 Å². The first-order valence-electron chi connectivity index (χ1n) is 13.2. The van der Waals surface area contributed by atoms with Crippen LogP contribution in [0.1, 0.15) is 39.7 Å². The Morgan fingerprint density at radius 2 is 1.46 bits per heavy atom. The molecular weight excluding hydrogens is 428 g/mol. The van der Waals surface area contributed by atoms with Gasteiger partial charge in [0, 0.05) is 55.7 Å². The summed E-state index contributed by atoms with van der Waals surface area (Å²) in [4.78, 5) is 4.79. The molecule has 1 aliphatic heterocycles. The van der Waals surface area contributed by atoms with Gasteiger partial charge in [0.25, 0.3) is 0 Å². The van der Waals surface area contributed by atoms with Gasteiger partial charge in [0.2, 0.25) is 0 Å². The number of nitrogens with zero attached hydrogens (tertiary/aromatic N) is 3. The summed E-state index contributed by atoms with van der Waals surface area (Å²) in [5.74, 6) is 0. The molecule has 1 N–H and O–H groups in total. The van der Waals surface area contributed by atoms with Gasteiger partial charge in [-0.2, -0.15) is 0 Å². The standard InChI is InChI=1S/C31H40N4/c1-5-33(6-2)28-19-14-25(15-20-28)13-18-27-23-24-35(32-27)29-21-16-26(17-22-29)30-11-9-10-12-31(30)34(7-3)8-4/h9-22,27,32H,5-8,23-24H2,1-4H3. The number of anilines is 3. The van der Waals surface area contributed by atoms with Gasteiger partial charge in [0.15, 0.2) is 0 Å². The Morgan fingerprint density at radius 3 is 2.11 bits per heavy atom. The van der Waals surface area contributed by atoms with Crippen molar-refractivity contribution < 1.29 is 0 Å². The lowest BCUT2D eigenvalue weighted by atomic mass is 10.0. The Hall–Kier alpha value is -3.24. The molecule has 0 aromatic heterocycles. The van der Waals surface area contributed by atoms with Crippen LogP contribution >= 0.6 is 0 Å². The Morgan fingerprint density at radius 1 is 0.800 bits per heavy atom. The molecule has 1 aliphatic rings. The van der Waals surface area contributed by atoms with E-state index in [0.29, 0.717) is 6.04 Å². The smallest absolute Gasteiger partial charge is 0.0520 e. The van der Waals surface area contributed by atoms with Gasteiger partial charge >= 0.3 is 0 Å². The van der Waals surface area contributed by atoms with Crippen LogP contribution in [0.5, 0.6) is 0 Å². The zero-order chi connectivity index (χ0) is 24.6. The summed E-state index contributed by atoms with van der Waals surface area (Å²) in [6, 6.07) is 26.9. The molecule has 1 unspecified atom stereocenters. The van der Waals surface area contributed by atoms with Gasteiger partial charge in [-0.1, -0.05) is 54.6 Å². The number of rotatable bonds is 10. The predicted octanol–water partition coefficient (Wildman–Crippen LogP) is 6.84. The van der Waals surface area contributed by atoms with E-state index < -0.39 is 0 Å². The van der Waals surface area contributed by atoms with Crippen LogP contribution in [0, 0.1) is 0 Å². The van der Waals surface area contributed by atoms with Gasteiger partial charge < -0.3 is 14.8 Å². The fourth-order valence-electron chi connectivity index (χ4n) is 4.93. The average molecular weight is 469 g/mol. The highest BCUT2D eigenvalue weighted by Gasteiger charge is 2.20. The minimum Gasteiger partial charge on any atom is -0.372 e. The minimum absolute atomic E-state index is 0.348. The number of nitrogens with one attached hydrogen (secondary N) is 1. The Balaban J connectivity index is 1.39. The van der Waals surface area contributed by atoms with Crippen LogP contribution in [-0.2, 0) is 0 Å². The van der Waals surface area contributed by atoms with Crippen LogP contribution in [0.25, 0.3) is 17.2 Å². The van der Waals surface area contributed by atoms with E-state index in [9.17, 15) is 0 Å². The second kappa shape index (κ2) is 11.9. The molecule has 35 heavy (non-hydrogen) atoms. The molecule has 3 aromatic carbocycles. The first-order valence-corrected chi connectivity index (χ1v) is 13.2. The largest absolute Gasteiger partial charge is 0.372 e. The molecule has 0 saturated carbocycles. The molecule has 0 radical (unpaired) electrons. The van der Waals surface area contributed by atoms with Crippen LogP contribution in [0.4, 0.5) is 17.1 Å². The van der Waals surface area contributed by atoms with Crippen molar-refractivity contribution in [3.05, 3.63) is 84.4 Å². The maximum Gasteiger partial charge on any atom is 0.0520 e. The van der Waals surface area contributed by atoms with Gasteiger partial charge in [0.05, 0.1) is 5.69 Å². The third-order valence-corrected chi connectivity index (χ3v) is 7.03. The monoisotopic (exact) mass is 468 g/mol. The van der Waals surface area contributed by atoms with Gasteiger partial charge in [0.1, 0.15) is 0 Å². The maximum atomic E-state index is 3.66. The zero-order valence-electron chi connectivity index (χ0n) is 21.7. The van der Waals surface area contributed by atoms with Gasteiger partial charge in [-0.3, -0.25) is 0 Å². The molecule has 4 rings (SSSR count). The fraction of sp³-hybridized carbons (Fsp3) is 0.355. The summed E-state index contributed by atoms with van der Waals surface area (Å²) in [6.07, 6.45) is 5.63. The summed E-state index contributed by atoms with van der Waals surface area (Å²) < 4.78 is 0. The van der Waals surface area contributed by atoms with Crippen molar-refractivity contribution in [2.75, 3.05) is 47.5 Å². The summed E-state index contributed by atoms with van der Waals surface area (Å²) >= 11 is 0. The highest BCUT2D eigenvalue weighted by atomic mass is 15.5. The topological polar surface area (TPSA) is 21.8 Å². The lowest BCUT2D eigenvalue weighted by Gasteiger charge is -2.24. The van der Waals surface area contributed by atoms with Crippen molar-refractivity contribution in [2.24, 2.45) is 0 Å². The summed E-state index contributed by atoms with van der Waals surface area (Å²) in [6.45, 7) is 13.9. The van der Waals surface area contributed by atoms with E-state index in [2.05, 4.69) is 133 Å². The Labute approximate surface area is 211 Å². The van der Waals surface area contributed by atoms with Gasteiger partial charge in [-0.15, -0.1) is 0 Å². The molecule has 4 heteroatoms. The molecule has 0 spiro atoms. The third kappa shape index (κ3) is 5.88. The van der Waals surface area contributed by atoms with E-state index in [1.165, 1.54) is 33.8 Å². The molecule has 3 aromatic rings. The zero-order valence-corrected chi connectivity index (χ0v) is 21.7. The number of para-hydroxylation sites is 1. The normalized spacial score (nSPS) is 15.7. The van der Waals surface area contributed by atoms with Crippen molar-refractivity contribution in [1.29, 1.82) is 0 Å². The molecule has 0 bridgehead atoms. The second-order valence-corrected chi connectivity index (χ2v) is 9.04. The first-order chi connectivity index (χ1) is 17.2. The van der Waals surface area contributed by atoms with Crippen molar-refractivity contribution in [3.8, 4) is 11.1 Å². The number of hydrogen-bond donors (Lipinski definition) is 1. The van der Waals surface area contributed by atoms with Crippen molar-refractivity contribution >= 4 is 23.1 Å². The van der Waals surface area contributed by atoms with Crippen LogP contribution in [-0.4, -0.2) is 38.8 Å². The predicted molar refractivity (Wildman–Crippen MR) is 153 cm³/mol. The summed E-state index contributed by atoms with van der Waals surface area (Å²) in [7, 11) is 0. The molecule has 1 heterocycles. The Bertz CT molecular complexity index is 1080. The molecule has 4 nitrogen and oxygen atoms in total.